The molecule has 0 unspecified atom stereocenters. The fourth-order valence-corrected chi connectivity index (χ4v) is 0.795. The summed E-state index contributed by atoms with van der Waals surface area (Å²) in [6.45, 7) is 0. The van der Waals surface area contributed by atoms with Gasteiger partial charge in [-0.05, 0) is 11.6 Å². The van der Waals surface area contributed by atoms with Crippen LogP contribution in [0, 0.1) is 5.95 Å². The zero-order valence-corrected chi connectivity index (χ0v) is 6.12. The van der Waals surface area contributed by atoms with Crippen LogP contribution in [0.3, 0.4) is 0 Å². The smallest absolute Gasteiger partial charge is 0.307 e. The molecule has 0 amide bonds. The summed E-state index contributed by atoms with van der Waals surface area (Å²) in [5.41, 5.74) is 5.78. The molecule has 12 heavy (non-hydrogen) atoms. The third kappa shape index (κ3) is 1.91. The lowest BCUT2D eigenvalue weighted by Gasteiger charge is -2.00. The maximum absolute atomic E-state index is 12.4. The number of nitrogens with two attached hydrogens (primary N) is 1. The first-order chi connectivity index (χ1) is 5.59. The van der Waals surface area contributed by atoms with Crippen LogP contribution < -0.4 is 5.73 Å². The van der Waals surface area contributed by atoms with E-state index in [1.54, 1.807) is 0 Å². The summed E-state index contributed by atoms with van der Waals surface area (Å²) in [7, 11) is 0. The van der Waals surface area contributed by atoms with E-state index >= 15 is 0 Å². The number of carboxylic acids is 1. The average molecular weight is 170 g/mol. The highest BCUT2D eigenvalue weighted by molar-refractivity contribution is 5.72. The van der Waals surface area contributed by atoms with Gasteiger partial charge in [-0.1, -0.05) is 0 Å². The monoisotopic (exact) mass is 170 g/mol. The highest BCUT2D eigenvalue weighted by atomic mass is 19.1. The van der Waals surface area contributed by atoms with E-state index in [4.69, 9.17) is 10.8 Å². The molecule has 1 aromatic heterocycles. The number of anilines is 1. The van der Waals surface area contributed by atoms with Crippen LogP contribution in [-0.4, -0.2) is 16.1 Å². The SMILES string of the molecule is Nc1cnc(F)cc1CC(=O)O. The van der Waals surface area contributed by atoms with Gasteiger partial charge in [0.15, 0.2) is 0 Å². The van der Waals surface area contributed by atoms with Crippen molar-refractivity contribution in [1.82, 2.24) is 4.98 Å². The maximum atomic E-state index is 12.4. The van der Waals surface area contributed by atoms with Crippen LogP contribution in [0.15, 0.2) is 12.3 Å². The Bertz CT molecular complexity index is 314. The normalized spacial score (nSPS) is 9.75. The molecule has 4 nitrogen and oxygen atoms in total. The maximum Gasteiger partial charge on any atom is 0.307 e. The highest BCUT2D eigenvalue weighted by Gasteiger charge is 2.05. The first-order valence-electron chi connectivity index (χ1n) is 3.21. The molecule has 0 saturated heterocycles. The number of aliphatic carboxylic acids is 1. The van der Waals surface area contributed by atoms with Gasteiger partial charge in [0.2, 0.25) is 5.95 Å². The van der Waals surface area contributed by atoms with Gasteiger partial charge in [-0.2, -0.15) is 4.39 Å². The molecule has 0 aromatic carbocycles. The van der Waals surface area contributed by atoms with E-state index in [0.29, 0.717) is 0 Å². The Hall–Kier alpha value is -1.65. The number of nitrogens with zero attached hydrogens (tertiary/aromatic N) is 1. The summed E-state index contributed by atoms with van der Waals surface area (Å²) in [5, 5.41) is 8.38. The Morgan fingerprint density at radius 1 is 1.75 bits per heavy atom. The van der Waals surface area contributed by atoms with Crippen LogP contribution >= 0.6 is 0 Å². The van der Waals surface area contributed by atoms with Gasteiger partial charge < -0.3 is 10.8 Å². The zero-order valence-electron chi connectivity index (χ0n) is 6.12. The van der Waals surface area contributed by atoms with Gasteiger partial charge in [0, 0.05) is 0 Å². The van der Waals surface area contributed by atoms with Crippen molar-refractivity contribution >= 4 is 11.7 Å². The number of aromatic nitrogens is 1. The lowest BCUT2D eigenvalue weighted by atomic mass is 10.2. The van der Waals surface area contributed by atoms with Crippen LogP contribution in [0.2, 0.25) is 0 Å². The Labute approximate surface area is 67.8 Å². The third-order valence-electron chi connectivity index (χ3n) is 1.33. The largest absolute Gasteiger partial charge is 0.481 e. The van der Waals surface area contributed by atoms with Crippen molar-refractivity contribution in [1.29, 1.82) is 0 Å². The predicted octanol–water partition coefficient (Wildman–Crippen LogP) is 0.430. The second-order valence-corrected chi connectivity index (χ2v) is 2.28. The van der Waals surface area contributed by atoms with E-state index < -0.39 is 11.9 Å². The van der Waals surface area contributed by atoms with Crippen molar-refractivity contribution in [3.8, 4) is 0 Å². The standard InChI is InChI=1S/C7H7FN2O2/c8-6-1-4(2-7(11)12)5(9)3-10-6/h1,3H,2,9H2,(H,11,12). The molecule has 1 aromatic rings. The van der Waals surface area contributed by atoms with E-state index in [-0.39, 0.29) is 17.7 Å². The minimum Gasteiger partial charge on any atom is -0.481 e. The molecule has 3 N–H and O–H groups in total. The molecule has 0 saturated carbocycles. The van der Waals surface area contributed by atoms with Crippen LogP contribution in [-0.2, 0) is 11.2 Å². The summed E-state index contributed by atoms with van der Waals surface area (Å²) in [6.07, 6.45) is 0.818. The number of carboxylic acid groups (broad SMARTS) is 1. The highest BCUT2D eigenvalue weighted by Crippen LogP contribution is 2.11. The number of hydrogen-bond donors (Lipinski definition) is 2. The molecule has 1 heterocycles. The number of pyridine rings is 1. The summed E-state index contributed by atoms with van der Waals surface area (Å²) in [6, 6.07) is 1.02. The molecule has 0 fully saturated rings. The predicted molar refractivity (Wildman–Crippen MR) is 39.9 cm³/mol. The molecule has 0 aliphatic heterocycles. The van der Waals surface area contributed by atoms with Crippen LogP contribution in [0.4, 0.5) is 10.1 Å². The van der Waals surface area contributed by atoms with E-state index in [1.165, 1.54) is 0 Å². The van der Waals surface area contributed by atoms with Crippen LogP contribution in [0.1, 0.15) is 5.56 Å². The van der Waals surface area contributed by atoms with Gasteiger partial charge in [0.05, 0.1) is 18.3 Å². The topological polar surface area (TPSA) is 76.2 Å². The summed E-state index contributed by atoms with van der Waals surface area (Å²) in [4.78, 5) is 13.5. The van der Waals surface area contributed by atoms with Gasteiger partial charge >= 0.3 is 5.97 Å². The van der Waals surface area contributed by atoms with Crippen LogP contribution in [0.5, 0.6) is 0 Å². The summed E-state index contributed by atoms with van der Waals surface area (Å²) in [5.74, 6) is -1.77. The van der Waals surface area contributed by atoms with Crippen LogP contribution in [0.25, 0.3) is 0 Å². The summed E-state index contributed by atoms with van der Waals surface area (Å²) >= 11 is 0. The molecule has 0 atom stereocenters. The van der Waals surface area contributed by atoms with Crippen molar-refractivity contribution in [2.45, 2.75) is 6.42 Å². The Balaban J connectivity index is 2.97. The van der Waals surface area contributed by atoms with Crippen molar-refractivity contribution in [3.05, 3.63) is 23.8 Å². The average Bonchev–Trinajstić information content (AvgIpc) is 1.96. The van der Waals surface area contributed by atoms with Gasteiger partial charge in [0.25, 0.3) is 0 Å². The molecule has 0 radical (unpaired) electrons. The van der Waals surface area contributed by atoms with Gasteiger partial charge in [-0.15, -0.1) is 0 Å². The minimum absolute atomic E-state index is 0.193. The zero-order chi connectivity index (χ0) is 9.14. The summed E-state index contributed by atoms with van der Waals surface area (Å²) < 4.78 is 12.4. The van der Waals surface area contributed by atoms with Crippen molar-refractivity contribution in [2.24, 2.45) is 0 Å². The van der Waals surface area contributed by atoms with Gasteiger partial charge in [-0.25, -0.2) is 4.98 Å². The Morgan fingerprint density at radius 3 is 3.00 bits per heavy atom. The Kier molecular flexibility index (Phi) is 2.23. The minimum atomic E-state index is -1.05. The van der Waals surface area contributed by atoms with E-state index in [9.17, 15) is 9.18 Å². The fraction of sp³-hybridized carbons (Fsp3) is 0.143. The van der Waals surface area contributed by atoms with Gasteiger partial charge in [0.1, 0.15) is 0 Å². The molecule has 5 heteroatoms. The molecular formula is C7H7FN2O2. The quantitative estimate of drug-likeness (QED) is 0.631. The second kappa shape index (κ2) is 3.17. The molecule has 0 spiro atoms. The lowest BCUT2D eigenvalue weighted by molar-refractivity contribution is -0.136. The van der Waals surface area contributed by atoms with Crippen molar-refractivity contribution < 1.29 is 14.3 Å². The third-order valence-corrected chi connectivity index (χ3v) is 1.33. The molecule has 64 valence electrons. The van der Waals surface area contributed by atoms with E-state index in [2.05, 4.69) is 4.98 Å². The Morgan fingerprint density at radius 2 is 2.42 bits per heavy atom. The lowest BCUT2D eigenvalue weighted by Crippen LogP contribution is -2.04. The van der Waals surface area contributed by atoms with Crippen molar-refractivity contribution in [3.63, 3.8) is 0 Å². The molecule has 0 bridgehead atoms. The van der Waals surface area contributed by atoms with Gasteiger partial charge in [-0.3, -0.25) is 4.79 Å². The van der Waals surface area contributed by atoms with E-state index in [1.807, 2.05) is 0 Å². The molecular weight excluding hydrogens is 163 g/mol. The molecule has 1 rings (SSSR count). The first kappa shape index (κ1) is 8.45. The number of rotatable bonds is 2. The molecule has 0 aliphatic rings. The first-order valence-corrected chi connectivity index (χ1v) is 3.21. The number of nitrogen functional groups attached to an aromatic ring is 1. The molecule has 0 aliphatic carbocycles. The number of carbonyl (C=O) groups is 1. The number of hydrogen-bond acceptors (Lipinski definition) is 3. The van der Waals surface area contributed by atoms with E-state index in [0.717, 1.165) is 12.3 Å². The fourth-order valence-electron chi connectivity index (χ4n) is 0.795. The number of halogens is 1. The van der Waals surface area contributed by atoms with Crippen molar-refractivity contribution in [2.75, 3.05) is 5.73 Å². The second-order valence-electron chi connectivity index (χ2n) is 2.28.